The summed E-state index contributed by atoms with van der Waals surface area (Å²) in [4.78, 5) is 34.2. The molecule has 0 saturated carbocycles. The van der Waals surface area contributed by atoms with E-state index in [-0.39, 0.29) is 24.1 Å². The second kappa shape index (κ2) is 10.4. The highest BCUT2D eigenvalue weighted by Crippen LogP contribution is 2.28. The first kappa shape index (κ1) is 22.8. The molecule has 0 aliphatic heterocycles. The molecule has 0 spiro atoms. The third-order valence-corrected chi connectivity index (χ3v) is 4.85. The van der Waals surface area contributed by atoms with Crippen LogP contribution in [-0.2, 0) is 11.3 Å². The number of hydrogen-bond acceptors (Lipinski definition) is 5. The Labute approximate surface area is 187 Å². The molecule has 0 atom stereocenters. The highest BCUT2D eigenvalue weighted by molar-refractivity contribution is 5.92. The first-order valence-corrected chi connectivity index (χ1v) is 10.3. The molecule has 2 aromatic carbocycles. The zero-order valence-electron chi connectivity index (χ0n) is 18.5. The summed E-state index contributed by atoms with van der Waals surface area (Å²) in [5.41, 5.74) is 1.18. The van der Waals surface area contributed by atoms with Crippen LogP contribution in [0.5, 0.6) is 11.5 Å². The summed E-state index contributed by atoms with van der Waals surface area (Å²) < 4.78 is 10.9. The molecule has 1 amide bonds. The monoisotopic (exact) mass is 433 g/mol. The third kappa shape index (κ3) is 5.43. The molecule has 1 heterocycles. The van der Waals surface area contributed by atoms with E-state index >= 15 is 0 Å². The van der Waals surface area contributed by atoms with Gasteiger partial charge in [0.2, 0.25) is 5.91 Å². The molecular formula is C25H27N3O4. The number of ether oxygens (including phenoxy) is 2. The zero-order chi connectivity index (χ0) is 23.1. The maximum Gasteiger partial charge on any atom is 0.258 e. The molecule has 0 aliphatic rings. The van der Waals surface area contributed by atoms with Crippen molar-refractivity contribution in [1.29, 1.82) is 0 Å². The predicted molar refractivity (Wildman–Crippen MR) is 126 cm³/mol. The molecule has 1 aromatic heterocycles. The van der Waals surface area contributed by atoms with Gasteiger partial charge in [0.05, 0.1) is 24.6 Å². The van der Waals surface area contributed by atoms with Crippen LogP contribution in [0.2, 0.25) is 0 Å². The second-order valence-electron chi connectivity index (χ2n) is 7.43. The van der Waals surface area contributed by atoms with Gasteiger partial charge in [-0.3, -0.25) is 9.59 Å². The molecule has 32 heavy (non-hydrogen) atoms. The van der Waals surface area contributed by atoms with Crippen molar-refractivity contribution in [3.05, 3.63) is 82.9 Å². The number of aromatic amines is 1. The van der Waals surface area contributed by atoms with Crippen molar-refractivity contribution in [2.24, 2.45) is 0 Å². The van der Waals surface area contributed by atoms with Gasteiger partial charge in [-0.15, -0.1) is 0 Å². The van der Waals surface area contributed by atoms with E-state index in [2.05, 4.69) is 16.5 Å². The first-order valence-electron chi connectivity index (χ1n) is 10.3. The van der Waals surface area contributed by atoms with Crippen molar-refractivity contribution in [3.63, 3.8) is 0 Å². The molecule has 166 valence electrons. The van der Waals surface area contributed by atoms with E-state index in [1.807, 2.05) is 26.0 Å². The van der Waals surface area contributed by atoms with Crippen LogP contribution in [0.4, 0.5) is 0 Å². The maximum absolute atomic E-state index is 12.9. The van der Waals surface area contributed by atoms with Gasteiger partial charge in [-0.25, -0.2) is 4.98 Å². The number of hydrogen-bond donors (Lipinski definition) is 1. The lowest BCUT2D eigenvalue weighted by Crippen LogP contribution is -2.36. The van der Waals surface area contributed by atoms with Crippen molar-refractivity contribution >= 4 is 22.9 Å². The lowest BCUT2D eigenvalue weighted by atomic mass is 10.1. The van der Waals surface area contributed by atoms with Crippen molar-refractivity contribution in [2.45, 2.75) is 26.4 Å². The van der Waals surface area contributed by atoms with E-state index in [1.165, 1.54) is 6.08 Å². The van der Waals surface area contributed by atoms with Crippen LogP contribution in [0, 0.1) is 0 Å². The fourth-order valence-corrected chi connectivity index (χ4v) is 3.21. The Hall–Kier alpha value is -3.87. The van der Waals surface area contributed by atoms with Crippen LogP contribution in [-0.4, -0.2) is 40.5 Å². The Morgan fingerprint density at radius 3 is 2.72 bits per heavy atom. The third-order valence-electron chi connectivity index (χ3n) is 4.85. The molecule has 7 nitrogen and oxygen atoms in total. The normalized spacial score (nSPS) is 11.1. The van der Waals surface area contributed by atoms with Crippen LogP contribution in [0.25, 0.3) is 17.0 Å². The minimum atomic E-state index is -0.219. The van der Waals surface area contributed by atoms with Gasteiger partial charge < -0.3 is 19.4 Å². The molecule has 0 bridgehead atoms. The van der Waals surface area contributed by atoms with Gasteiger partial charge in [-0.1, -0.05) is 30.9 Å². The minimum absolute atomic E-state index is 0.0897. The zero-order valence-corrected chi connectivity index (χ0v) is 18.5. The van der Waals surface area contributed by atoms with E-state index in [4.69, 9.17) is 9.47 Å². The first-order chi connectivity index (χ1) is 15.4. The van der Waals surface area contributed by atoms with Crippen LogP contribution >= 0.6 is 0 Å². The molecule has 0 saturated heterocycles. The number of nitrogens with one attached hydrogen (secondary N) is 1. The van der Waals surface area contributed by atoms with Crippen molar-refractivity contribution in [1.82, 2.24) is 14.9 Å². The van der Waals surface area contributed by atoms with Crippen LogP contribution in [0.1, 0.15) is 25.2 Å². The Morgan fingerprint density at radius 1 is 1.22 bits per heavy atom. The van der Waals surface area contributed by atoms with E-state index in [1.54, 1.807) is 54.5 Å². The molecule has 0 radical (unpaired) electrons. The van der Waals surface area contributed by atoms with Crippen molar-refractivity contribution < 1.29 is 14.3 Å². The van der Waals surface area contributed by atoms with E-state index in [0.717, 1.165) is 5.56 Å². The van der Waals surface area contributed by atoms with E-state index < -0.39 is 0 Å². The van der Waals surface area contributed by atoms with Gasteiger partial charge in [0.15, 0.2) is 11.5 Å². The predicted octanol–water partition coefficient (Wildman–Crippen LogP) is 3.95. The largest absolute Gasteiger partial charge is 0.493 e. The molecule has 0 unspecified atom stereocenters. The fourth-order valence-electron chi connectivity index (χ4n) is 3.21. The lowest BCUT2D eigenvalue weighted by molar-refractivity contribution is -0.128. The van der Waals surface area contributed by atoms with Crippen LogP contribution in [0.3, 0.4) is 0 Å². The van der Waals surface area contributed by atoms with Crippen LogP contribution < -0.4 is 15.0 Å². The Bertz CT molecular complexity index is 1200. The molecule has 3 rings (SSSR count). The van der Waals surface area contributed by atoms with Gasteiger partial charge in [0.1, 0.15) is 12.4 Å². The number of carbonyl (C=O) groups is 1. The van der Waals surface area contributed by atoms with E-state index in [0.29, 0.717) is 34.8 Å². The maximum atomic E-state index is 12.9. The van der Waals surface area contributed by atoms with Crippen molar-refractivity contribution in [2.75, 3.05) is 13.7 Å². The molecule has 3 aromatic rings. The number of nitrogens with zero attached hydrogens (tertiary/aromatic N) is 2. The fraction of sp³-hybridized carbons (Fsp3) is 0.240. The number of amides is 1. The summed E-state index contributed by atoms with van der Waals surface area (Å²) in [6.07, 6.45) is 4.87. The quantitative estimate of drug-likeness (QED) is 0.408. The van der Waals surface area contributed by atoms with Crippen LogP contribution in [0.15, 0.2) is 66.0 Å². The standard InChI is InChI=1S/C25H27N3O4/c1-5-14-32-21-12-10-18(15-22(21)31-4)11-13-24(29)28(17(2)3)16-23-26-20-9-7-6-8-19(20)25(30)27-23/h5-13,15,17H,1,14,16H2,2-4H3,(H,26,27,30)/b13-11+. The van der Waals surface area contributed by atoms with Gasteiger partial charge >= 0.3 is 0 Å². The molecule has 7 heteroatoms. The summed E-state index contributed by atoms with van der Waals surface area (Å²) in [7, 11) is 1.56. The number of fused-ring (bicyclic) bond motifs is 1. The number of rotatable bonds is 9. The number of aromatic nitrogens is 2. The number of carbonyl (C=O) groups excluding carboxylic acids is 1. The molecule has 1 N–H and O–H groups in total. The lowest BCUT2D eigenvalue weighted by Gasteiger charge is -2.25. The molecular weight excluding hydrogens is 406 g/mol. The minimum Gasteiger partial charge on any atom is -0.493 e. The summed E-state index contributed by atoms with van der Waals surface area (Å²) in [5, 5.41) is 0.521. The molecule has 0 fully saturated rings. The summed E-state index contributed by atoms with van der Waals surface area (Å²) in [5.74, 6) is 1.42. The van der Waals surface area contributed by atoms with Gasteiger partial charge in [-0.05, 0) is 49.8 Å². The van der Waals surface area contributed by atoms with Gasteiger partial charge in [0.25, 0.3) is 5.56 Å². The van der Waals surface area contributed by atoms with E-state index in [9.17, 15) is 9.59 Å². The average Bonchev–Trinajstić information content (AvgIpc) is 2.79. The number of methoxy groups -OCH3 is 1. The van der Waals surface area contributed by atoms with Gasteiger partial charge in [0, 0.05) is 12.1 Å². The topological polar surface area (TPSA) is 84.5 Å². The Kier molecular flexibility index (Phi) is 7.44. The average molecular weight is 434 g/mol. The highest BCUT2D eigenvalue weighted by atomic mass is 16.5. The Morgan fingerprint density at radius 2 is 2.00 bits per heavy atom. The number of H-pyrrole nitrogens is 1. The second-order valence-corrected chi connectivity index (χ2v) is 7.43. The number of benzene rings is 2. The highest BCUT2D eigenvalue weighted by Gasteiger charge is 2.17. The number of para-hydroxylation sites is 1. The van der Waals surface area contributed by atoms with Crippen molar-refractivity contribution in [3.8, 4) is 11.5 Å². The summed E-state index contributed by atoms with van der Waals surface area (Å²) in [6, 6.07) is 12.5. The SMILES string of the molecule is C=CCOc1ccc(/C=C/C(=O)N(Cc2nc3ccccc3c(=O)[nH]2)C(C)C)cc1OC. The summed E-state index contributed by atoms with van der Waals surface area (Å²) >= 11 is 0. The van der Waals surface area contributed by atoms with Gasteiger partial charge in [-0.2, -0.15) is 0 Å². The Balaban J connectivity index is 1.79. The summed E-state index contributed by atoms with van der Waals surface area (Å²) in [6.45, 7) is 8.03. The smallest absolute Gasteiger partial charge is 0.258 e. The molecule has 0 aliphatic carbocycles.